The Morgan fingerprint density at radius 3 is 2.19 bits per heavy atom. The maximum atomic E-state index is 13.3. The third-order valence-electron chi connectivity index (χ3n) is 6.86. The lowest BCUT2D eigenvalue weighted by Crippen LogP contribution is -2.48. The standard InChI is InChI=1S/C29H31ClN2O2.CH2O2/c1-21-3-9-24(10-4-21)25-11-14-28(26(19-25)20-33)29(34)31(2)32-17-15-23(16-18-32)6-5-22-7-12-27(30)13-8-22;2-1-3/h3-4,7-14,19-20,23H,5-6,15-18H2,1-2H3;1H,(H,2,3). The molecule has 6 nitrogen and oxygen atoms in total. The number of hydrogen-bond donors (Lipinski definition) is 1. The summed E-state index contributed by atoms with van der Waals surface area (Å²) >= 11 is 5.98. The summed E-state index contributed by atoms with van der Waals surface area (Å²) in [6, 6.07) is 21.7. The second-order valence-electron chi connectivity index (χ2n) is 9.28. The van der Waals surface area contributed by atoms with Gasteiger partial charge in [0.25, 0.3) is 12.4 Å². The molecule has 1 aliphatic rings. The van der Waals surface area contributed by atoms with Crippen LogP contribution in [0.2, 0.25) is 5.02 Å². The molecule has 0 saturated carbocycles. The van der Waals surface area contributed by atoms with Crippen LogP contribution >= 0.6 is 11.6 Å². The van der Waals surface area contributed by atoms with Gasteiger partial charge in [0.05, 0.1) is 5.56 Å². The molecule has 1 aliphatic heterocycles. The largest absolute Gasteiger partial charge is 0.483 e. The molecule has 0 spiro atoms. The van der Waals surface area contributed by atoms with E-state index < -0.39 is 0 Å². The first-order valence-electron chi connectivity index (χ1n) is 12.4. The molecule has 1 amide bonds. The van der Waals surface area contributed by atoms with Crippen molar-refractivity contribution in [3.63, 3.8) is 0 Å². The summed E-state index contributed by atoms with van der Waals surface area (Å²) < 4.78 is 0. The maximum Gasteiger partial charge on any atom is 0.290 e. The van der Waals surface area contributed by atoms with Crippen molar-refractivity contribution in [2.45, 2.75) is 32.6 Å². The summed E-state index contributed by atoms with van der Waals surface area (Å²) in [6.07, 6.45) is 5.08. The van der Waals surface area contributed by atoms with Gasteiger partial charge in [-0.1, -0.05) is 59.6 Å². The second-order valence-corrected chi connectivity index (χ2v) is 9.72. The van der Waals surface area contributed by atoms with Gasteiger partial charge in [-0.3, -0.25) is 19.4 Å². The number of piperidine rings is 1. The minimum absolute atomic E-state index is 0.142. The van der Waals surface area contributed by atoms with Crippen LogP contribution in [0.4, 0.5) is 0 Å². The van der Waals surface area contributed by atoms with Crippen molar-refractivity contribution in [3.8, 4) is 11.1 Å². The van der Waals surface area contributed by atoms with Crippen molar-refractivity contribution in [1.29, 1.82) is 0 Å². The Hall–Kier alpha value is -3.48. The van der Waals surface area contributed by atoms with Gasteiger partial charge in [-0.25, -0.2) is 5.01 Å². The van der Waals surface area contributed by atoms with E-state index in [1.807, 2.05) is 55.5 Å². The minimum Gasteiger partial charge on any atom is -0.483 e. The van der Waals surface area contributed by atoms with Crippen LogP contribution in [0, 0.1) is 12.8 Å². The van der Waals surface area contributed by atoms with Gasteiger partial charge in [-0.2, -0.15) is 0 Å². The van der Waals surface area contributed by atoms with Crippen molar-refractivity contribution in [1.82, 2.24) is 10.0 Å². The highest BCUT2D eigenvalue weighted by Gasteiger charge is 2.26. The van der Waals surface area contributed by atoms with E-state index in [0.717, 1.165) is 61.2 Å². The number of carbonyl (C=O) groups is 3. The number of carboxylic acid groups (broad SMARTS) is 1. The molecule has 3 aromatic carbocycles. The van der Waals surface area contributed by atoms with Crippen molar-refractivity contribution in [2.24, 2.45) is 5.92 Å². The lowest BCUT2D eigenvalue weighted by molar-refractivity contribution is -0.122. The highest BCUT2D eigenvalue weighted by Crippen LogP contribution is 2.26. The molecule has 4 rings (SSSR count). The van der Waals surface area contributed by atoms with E-state index in [4.69, 9.17) is 21.5 Å². The monoisotopic (exact) mass is 520 g/mol. The molecule has 0 bridgehead atoms. The summed E-state index contributed by atoms with van der Waals surface area (Å²) in [5.74, 6) is 0.506. The van der Waals surface area contributed by atoms with E-state index in [0.29, 0.717) is 17.0 Å². The second kappa shape index (κ2) is 13.7. The molecule has 194 valence electrons. The number of nitrogens with zero attached hydrogens (tertiary/aromatic N) is 2. The Balaban J connectivity index is 0.00000121. The fourth-order valence-corrected chi connectivity index (χ4v) is 4.74. The maximum absolute atomic E-state index is 13.3. The lowest BCUT2D eigenvalue weighted by Gasteiger charge is -2.38. The molecular formula is C30H33ClN2O4. The van der Waals surface area contributed by atoms with Crippen molar-refractivity contribution < 1.29 is 19.5 Å². The third-order valence-corrected chi connectivity index (χ3v) is 7.11. The van der Waals surface area contributed by atoms with Crippen molar-refractivity contribution >= 4 is 30.3 Å². The molecule has 0 radical (unpaired) electrons. The molecule has 37 heavy (non-hydrogen) atoms. The Morgan fingerprint density at radius 2 is 1.59 bits per heavy atom. The third kappa shape index (κ3) is 7.75. The van der Waals surface area contributed by atoms with Crippen molar-refractivity contribution in [2.75, 3.05) is 20.1 Å². The summed E-state index contributed by atoms with van der Waals surface area (Å²) in [7, 11) is 1.80. The Kier molecular flexibility index (Phi) is 10.4. The number of halogens is 1. The van der Waals surface area contributed by atoms with Crippen LogP contribution in [0.15, 0.2) is 66.7 Å². The molecule has 1 fully saturated rings. The number of rotatable bonds is 7. The predicted octanol–water partition coefficient (Wildman–Crippen LogP) is 6.16. The number of aldehydes is 1. The van der Waals surface area contributed by atoms with Gasteiger partial charge >= 0.3 is 0 Å². The van der Waals surface area contributed by atoms with E-state index in [-0.39, 0.29) is 12.4 Å². The van der Waals surface area contributed by atoms with Crippen LogP contribution in [0.1, 0.15) is 51.1 Å². The molecule has 1 heterocycles. The van der Waals surface area contributed by atoms with Crippen LogP contribution in [-0.4, -0.2) is 53.9 Å². The number of amides is 1. The van der Waals surface area contributed by atoms with E-state index in [2.05, 4.69) is 17.1 Å². The zero-order valence-electron chi connectivity index (χ0n) is 21.3. The molecule has 0 aliphatic carbocycles. The van der Waals surface area contributed by atoms with Gasteiger partial charge in [0.15, 0.2) is 6.29 Å². The van der Waals surface area contributed by atoms with Gasteiger partial charge in [0.1, 0.15) is 0 Å². The van der Waals surface area contributed by atoms with E-state index in [1.165, 1.54) is 11.1 Å². The van der Waals surface area contributed by atoms with E-state index in [9.17, 15) is 9.59 Å². The molecule has 3 aromatic rings. The van der Waals surface area contributed by atoms with Gasteiger partial charge in [-0.05, 0) is 79.5 Å². The Morgan fingerprint density at radius 1 is 1.00 bits per heavy atom. The zero-order chi connectivity index (χ0) is 26.8. The summed E-state index contributed by atoms with van der Waals surface area (Å²) in [6.45, 7) is 3.47. The summed E-state index contributed by atoms with van der Waals surface area (Å²) in [4.78, 5) is 33.4. The number of hydrazine groups is 1. The van der Waals surface area contributed by atoms with Crippen LogP contribution in [-0.2, 0) is 11.2 Å². The van der Waals surface area contributed by atoms with Crippen LogP contribution in [0.5, 0.6) is 0 Å². The average molecular weight is 521 g/mol. The highest BCUT2D eigenvalue weighted by atomic mass is 35.5. The van der Waals surface area contributed by atoms with Gasteiger partial charge in [0.2, 0.25) is 0 Å². The summed E-state index contributed by atoms with van der Waals surface area (Å²) in [5.41, 5.74) is 5.33. The smallest absolute Gasteiger partial charge is 0.290 e. The molecule has 0 aromatic heterocycles. The first kappa shape index (κ1) is 28.1. The SMILES string of the molecule is Cc1ccc(-c2ccc(C(=O)N(C)N3CCC(CCc4ccc(Cl)cc4)CC3)c(C=O)c2)cc1.O=CO. The Bertz CT molecular complexity index is 1190. The highest BCUT2D eigenvalue weighted by molar-refractivity contribution is 6.30. The molecule has 1 N–H and O–H groups in total. The van der Waals surface area contributed by atoms with Gasteiger partial charge < -0.3 is 5.11 Å². The first-order valence-corrected chi connectivity index (χ1v) is 12.8. The molecular weight excluding hydrogens is 488 g/mol. The predicted molar refractivity (Wildman–Crippen MR) is 147 cm³/mol. The quantitative estimate of drug-likeness (QED) is 0.377. The van der Waals surface area contributed by atoms with Crippen LogP contribution < -0.4 is 0 Å². The number of carbonyl (C=O) groups excluding carboxylic acids is 2. The zero-order valence-corrected chi connectivity index (χ0v) is 22.0. The molecule has 0 atom stereocenters. The van der Waals surface area contributed by atoms with Gasteiger partial charge in [-0.15, -0.1) is 0 Å². The van der Waals surface area contributed by atoms with Gasteiger partial charge in [0, 0.05) is 30.7 Å². The fraction of sp³-hybridized carbons (Fsp3) is 0.300. The fourth-order valence-electron chi connectivity index (χ4n) is 4.61. The Labute approximate surface area is 223 Å². The van der Waals surface area contributed by atoms with Crippen LogP contribution in [0.25, 0.3) is 11.1 Å². The molecule has 1 saturated heterocycles. The average Bonchev–Trinajstić information content (AvgIpc) is 2.93. The molecule has 0 unspecified atom stereocenters. The number of aryl methyl sites for hydroxylation is 2. The van der Waals surface area contributed by atoms with Crippen molar-refractivity contribution in [3.05, 3.63) is 94.0 Å². The topological polar surface area (TPSA) is 77.9 Å². The summed E-state index contributed by atoms with van der Waals surface area (Å²) in [5, 5.41) is 11.4. The number of benzene rings is 3. The first-order chi connectivity index (χ1) is 17.9. The normalized spacial score (nSPS) is 13.8. The molecule has 7 heteroatoms. The van der Waals surface area contributed by atoms with E-state index in [1.54, 1.807) is 18.1 Å². The van der Waals surface area contributed by atoms with E-state index >= 15 is 0 Å². The van der Waals surface area contributed by atoms with Crippen LogP contribution in [0.3, 0.4) is 0 Å². The minimum atomic E-state index is -0.250. The lowest BCUT2D eigenvalue weighted by atomic mass is 9.91. The number of hydrogen-bond acceptors (Lipinski definition) is 4.